The van der Waals surface area contributed by atoms with Crippen molar-refractivity contribution in [2.75, 3.05) is 12.4 Å². The van der Waals surface area contributed by atoms with Crippen molar-refractivity contribution in [3.8, 4) is 5.75 Å². The van der Waals surface area contributed by atoms with Crippen molar-refractivity contribution in [2.24, 2.45) is 0 Å². The summed E-state index contributed by atoms with van der Waals surface area (Å²) >= 11 is 0. The monoisotopic (exact) mass is 367 g/mol. The smallest absolute Gasteiger partial charge is 0.416 e. The molecule has 0 saturated heterocycles. The number of nitrogens with one attached hydrogen (secondary N) is 1. The normalized spacial score (nSPS) is 11.0. The van der Waals surface area contributed by atoms with Crippen molar-refractivity contribution in [1.82, 2.24) is 0 Å². The van der Waals surface area contributed by atoms with E-state index in [1.165, 1.54) is 50.4 Å². The zero-order chi connectivity index (χ0) is 19.3. The molecule has 0 unspecified atom stereocenters. The lowest BCUT2D eigenvalue weighted by Crippen LogP contribution is -2.13. The van der Waals surface area contributed by atoms with Crippen LogP contribution in [0.15, 0.2) is 42.5 Å². The number of carbonyl (C=O) groups is 2. The Balaban J connectivity index is 2.26. The van der Waals surface area contributed by atoms with Crippen LogP contribution in [0.3, 0.4) is 0 Å². The lowest BCUT2D eigenvalue weighted by Gasteiger charge is -2.15. The van der Waals surface area contributed by atoms with Crippen LogP contribution in [-0.4, -0.2) is 19.0 Å². The molecule has 1 amide bonds. The van der Waals surface area contributed by atoms with E-state index in [-0.39, 0.29) is 35.1 Å². The van der Waals surface area contributed by atoms with E-state index in [9.17, 15) is 22.8 Å². The zero-order valence-electron chi connectivity index (χ0n) is 14.0. The molecule has 1 N–H and O–H groups in total. The Morgan fingerprint density at radius 1 is 1.12 bits per heavy atom. The predicted octanol–water partition coefficient (Wildman–Crippen LogP) is 4.03. The second-order valence-electron chi connectivity index (χ2n) is 5.32. The first kappa shape index (κ1) is 19.3. The lowest BCUT2D eigenvalue weighted by atomic mass is 10.1. The first-order chi connectivity index (χ1) is 12.2. The molecular formula is C18H16F3NO4. The van der Waals surface area contributed by atoms with Gasteiger partial charge in [-0.1, -0.05) is 18.2 Å². The third-order valence-electron chi connectivity index (χ3n) is 3.42. The van der Waals surface area contributed by atoms with E-state index < -0.39 is 17.7 Å². The Hall–Kier alpha value is -3.03. The maximum absolute atomic E-state index is 13.0. The van der Waals surface area contributed by atoms with Crippen LogP contribution in [0.2, 0.25) is 0 Å². The summed E-state index contributed by atoms with van der Waals surface area (Å²) < 4.78 is 49.1. The van der Waals surface area contributed by atoms with Gasteiger partial charge in [0.15, 0.2) is 0 Å². The molecule has 0 aromatic heterocycles. The largest absolute Gasteiger partial charge is 0.489 e. The van der Waals surface area contributed by atoms with E-state index in [0.717, 1.165) is 6.07 Å². The summed E-state index contributed by atoms with van der Waals surface area (Å²) in [7, 11) is 1.17. The molecule has 0 heterocycles. The van der Waals surface area contributed by atoms with Crippen LogP contribution in [0.5, 0.6) is 5.75 Å². The highest BCUT2D eigenvalue weighted by Gasteiger charge is 2.33. The Labute approximate surface area is 147 Å². The van der Waals surface area contributed by atoms with Gasteiger partial charge in [0.2, 0.25) is 5.91 Å². The van der Waals surface area contributed by atoms with E-state index in [4.69, 9.17) is 4.74 Å². The second kappa shape index (κ2) is 7.90. The SMILES string of the molecule is COC(=O)c1cc(OCc2ccccc2C(F)(F)F)ccc1NC(C)=O. The fourth-order valence-corrected chi connectivity index (χ4v) is 2.27. The van der Waals surface area contributed by atoms with Crippen molar-refractivity contribution < 1.29 is 32.2 Å². The fraction of sp³-hybridized carbons (Fsp3) is 0.222. The maximum Gasteiger partial charge on any atom is 0.416 e. The van der Waals surface area contributed by atoms with Gasteiger partial charge >= 0.3 is 12.1 Å². The molecule has 0 atom stereocenters. The summed E-state index contributed by atoms with van der Waals surface area (Å²) in [5.74, 6) is -0.936. The van der Waals surface area contributed by atoms with Crippen LogP contribution in [0, 0.1) is 0 Å². The van der Waals surface area contributed by atoms with Gasteiger partial charge in [-0.05, 0) is 24.3 Å². The van der Waals surface area contributed by atoms with E-state index in [2.05, 4.69) is 10.1 Å². The summed E-state index contributed by atoms with van der Waals surface area (Å²) in [6.45, 7) is 0.940. The number of alkyl halides is 3. The highest BCUT2D eigenvalue weighted by molar-refractivity contribution is 6.01. The molecule has 2 aromatic carbocycles. The summed E-state index contributed by atoms with van der Waals surface area (Å²) in [5.41, 5.74) is -0.578. The van der Waals surface area contributed by atoms with Gasteiger partial charge in [0, 0.05) is 12.5 Å². The zero-order valence-corrected chi connectivity index (χ0v) is 14.0. The quantitative estimate of drug-likeness (QED) is 0.811. The van der Waals surface area contributed by atoms with Crippen LogP contribution in [0.25, 0.3) is 0 Å². The minimum Gasteiger partial charge on any atom is -0.489 e. The third-order valence-corrected chi connectivity index (χ3v) is 3.42. The van der Waals surface area contributed by atoms with Gasteiger partial charge in [-0.15, -0.1) is 0 Å². The molecule has 5 nitrogen and oxygen atoms in total. The number of hydrogen-bond donors (Lipinski definition) is 1. The summed E-state index contributed by atoms with van der Waals surface area (Å²) in [6.07, 6.45) is -4.49. The Morgan fingerprint density at radius 3 is 2.42 bits per heavy atom. The molecule has 0 aliphatic heterocycles. The molecule has 0 aliphatic rings. The van der Waals surface area contributed by atoms with Crippen molar-refractivity contribution in [3.63, 3.8) is 0 Å². The van der Waals surface area contributed by atoms with Crippen molar-refractivity contribution in [2.45, 2.75) is 19.7 Å². The van der Waals surface area contributed by atoms with Gasteiger partial charge in [0.05, 0.1) is 23.9 Å². The third kappa shape index (κ3) is 4.75. The molecule has 26 heavy (non-hydrogen) atoms. The summed E-state index contributed by atoms with van der Waals surface area (Å²) in [4.78, 5) is 23.1. The number of halogens is 3. The average Bonchev–Trinajstić information content (AvgIpc) is 2.59. The molecule has 8 heteroatoms. The minimum absolute atomic E-state index is 0.0318. The van der Waals surface area contributed by atoms with Crippen LogP contribution >= 0.6 is 0 Å². The van der Waals surface area contributed by atoms with E-state index in [1.54, 1.807) is 0 Å². The number of esters is 1. The van der Waals surface area contributed by atoms with Crippen LogP contribution in [-0.2, 0) is 22.3 Å². The molecule has 0 aliphatic carbocycles. The number of hydrogen-bond acceptors (Lipinski definition) is 4. The number of methoxy groups -OCH3 is 1. The van der Waals surface area contributed by atoms with Crippen molar-refractivity contribution in [3.05, 3.63) is 59.2 Å². The fourth-order valence-electron chi connectivity index (χ4n) is 2.27. The van der Waals surface area contributed by atoms with Crippen molar-refractivity contribution >= 4 is 17.6 Å². The molecule has 2 aromatic rings. The maximum atomic E-state index is 13.0. The van der Waals surface area contributed by atoms with Gasteiger partial charge in [0.25, 0.3) is 0 Å². The number of ether oxygens (including phenoxy) is 2. The molecule has 0 bridgehead atoms. The molecule has 0 radical (unpaired) electrons. The van der Waals surface area contributed by atoms with E-state index >= 15 is 0 Å². The number of anilines is 1. The first-order valence-corrected chi connectivity index (χ1v) is 7.50. The Bertz CT molecular complexity index is 818. The number of carbonyl (C=O) groups excluding carboxylic acids is 2. The lowest BCUT2D eigenvalue weighted by molar-refractivity contribution is -0.138. The Kier molecular flexibility index (Phi) is 5.86. The molecular weight excluding hydrogens is 351 g/mol. The molecule has 0 spiro atoms. The van der Waals surface area contributed by atoms with Gasteiger partial charge in [0.1, 0.15) is 12.4 Å². The van der Waals surface area contributed by atoms with Gasteiger partial charge in [-0.2, -0.15) is 13.2 Å². The molecule has 138 valence electrons. The highest BCUT2D eigenvalue weighted by Crippen LogP contribution is 2.32. The molecule has 0 fully saturated rings. The summed E-state index contributed by atoms with van der Waals surface area (Å²) in [5, 5.41) is 2.47. The second-order valence-corrected chi connectivity index (χ2v) is 5.32. The number of amides is 1. The highest BCUT2D eigenvalue weighted by atomic mass is 19.4. The number of benzene rings is 2. The topological polar surface area (TPSA) is 64.6 Å². The van der Waals surface area contributed by atoms with Crippen LogP contribution in [0.1, 0.15) is 28.4 Å². The van der Waals surface area contributed by atoms with Crippen molar-refractivity contribution in [1.29, 1.82) is 0 Å². The number of rotatable bonds is 5. The molecule has 2 rings (SSSR count). The van der Waals surface area contributed by atoms with Crippen LogP contribution < -0.4 is 10.1 Å². The van der Waals surface area contributed by atoms with E-state index in [0.29, 0.717) is 0 Å². The standard InChI is InChI=1S/C18H16F3NO4/c1-11(23)22-16-8-7-13(9-14(16)17(24)25-2)26-10-12-5-3-4-6-15(12)18(19,20)21/h3-9H,10H2,1-2H3,(H,22,23). The van der Waals surface area contributed by atoms with Gasteiger partial charge in [-0.25, -0.2) is 4.79 Å². The molecule has 0 saturated carbocycles. The van der Waals surface area contributed by atoms with Gasteiger partial charge in [-0.3, -0.25) is 4.79 Å². The van der Waals surface area contributed by atoms with Crippen LogP contribution in [0.4, 0.5) is 18.9 Å². The predicted molar refractivity (Wildman–Crippen MR) is 87.9 cm³/mol. The van der Waals surface area contributed by atoms with Gasteiger partial charge < -0.3 is 14.8 Å². The first-order valence-electron chi connectivity index (χ1n) is 7.50. The summed E-state index contributed by atoms with van der Waals surface area (Å²) in [6, 6.07) is 9.21. The minimum atomic E-state index is -4.49. The van der Waals surface area contributed by atoms with E-state index in [1.807, 2.05) is 0 Å². The Morgan fingerprint density at radius 2 is 1.81 bits per heavy atom. The average molecular weight is 367 g/mol.